The predicted molar refractivity (Wildman–Crippen MR) is 172 cm³/mol. The molecule has 230 valence electrons. The summed E-state index contributed by atoms with van der Waals surface area (Å²) in [5.41, 5.74) is 1.88. The Bertz CT molecular complexity index is 1510. The summed E-state index contributed by atoms with van der Waals surface area (Å²) >= 11 is 14.2. The molecule has 0 aliphatic carbocycles. The van der Waals surface area contributed by atoms with Gasteiger partial charge in [0, 0.05) is 18.7 Å². The van der Waals surface area contributed by atoms with E-state index in [1.807, 2.05) is 37.2 Å². The monoisotopic (exact) mass is 645 g/mol. The van der Waals surface area contributed by atoms with Gasteiger partial charge in [0.2, 0.25) is 17.0 Å². The van der Waals surface area contributed by atoms with Gasteiger partial charge < -0.3 is 20.3 Å². The third-order valence-corrected chi connectivity index (χ3v) is 7.55. The number of tetrazole rings is 1. The fourth-order valence-corrected chi connectivity index (χ4v) is 4.72. The van der Waals surface area contributed by atoms with Crippen LogP contribution in [0, 0.1) is 11.8 Å². The number of halogens is 2. The van der Waals surface area contributed by atoms with Gasteiger partial charge in [0.05, 0.1) is 27.2 Å². The van der Waals surface area contributed by atoms with Crippen LogP contribution in [0.4, 0.5) is 5.69 Å². The Balaban J connectivity index is 1.56. The highest BCUT2D eigenvalue weighted by atomic mass is 35.5. The van der Waals surface area contributed by atoms with E-state index in [1.54, 1.807) is 32.0 Å². The van der Waals surface area contributed by atoms with Crippen LogP contribution < -0.4 is 10.6 Å². The van der Waals surface area contributed by atoms with E-state index >= 15 is 0 Å². The average Bonchev–Trinajstić information content (AvgIpc) is 3.39. The fourth-order valence-electron chi connectivity index (χ4n) is 3.55. The lowest BCUT2D eigenvalue weighted by Crippen LogP contribution is -2.36. The Labute approximate surface area is 267 Å². The summed E-state index contributed by atoms with van der Waals surface area (Å²) < 4.78 is 7.19. The van der Waals surface area contributed by atoms with Gasteiger partial charge in [-0.15, -0.1) is 5.10 Å². The number of thioether (sulfide) groups is 1. The normalized spacial score (nSPS) is 11.7. The zero-order valence-electron chi connectivity index (χ0n) is 25.4. The standard InChI is InChI=1S/C30H37Cl2N7O3S/c1-29(2,3)21-9-11-25(23(32)17-21)39-28(35-36-37-39)43-19-27(41)34-24-10-8-20(16-22(24)31)12-13-30(4,5)42-18-26(40)33-14-15-38(6)7/h8-11,16-17H,14-15,18-19H2,1-7H3,(H,33,40)(H,34,41). The van der Waals surface area contributed by atoms with E-state index in [4.69, 9.17) is 27.9 Å². The number of likely N-dealkylation sites (N-methyl/N-ethyl adjacent to an activating group) is 1. The van der Waals surface area contributed by atoms with Crippen molar-refractivity contribution in [3.05, 3.63) is 57.6 Å². The van der Waals surface area contributed by atoms with Crippen molar-refractivity contribution in [2.75, 3.05) is 44.9 Å². The van der Waals surface area contributed by atoms with Crippen LogP contribution in [0.2, 0.25) is 10.0 Å². The first-order valence-corrected chi connectivity index (χ1v) is 15.3. The van der Waals surface area contributed by atoms with Crippen molar-refractivity contribution in [3.63, 3.8) is 0 Å². The molecule has 0 aliphatic rings. The number of nitrogens with one attached hydrogen (secondary N) is 2. The van der Waals surface area contributed by atoms with Gasteiger partial charge in [0.15, 0.2) is 0 Å². The van der Waals surface area contributed by atoms with E-state index in [2.05, 4.69) is 58.8 Å². The van der Waals surface area contributed by atoms with Crippen molar-refractivity contribution in [3.8, 4) is 17.5 Å². The number of ether oxygens (including phenoxy) is 1. The Morgan fingerprint density at radius 3 is 2.44 bits per heavy atom. The summed E-state index contributed by atoms with van der Waals surface area (Å²) in [6.07, 6.45) is 0. The smallest absolute Gasteiger partial charge is 0.246 e. The van der Waals surface area contributed by atoms with Gasteiger partial charge >= 0.3 is 0 Å². The maximum absolute atomic E-state index is 12.7. The van der Waals surface area contributed by atoms with Crippen LogP contribution in [0.15, 0.2) is 41.6 Å². The molecule has 3 rings (SSSR count). The molecule has 0 saturated heterocycles. The number of carbonyl (C=O) groups excluding carboxylic acids is 2. The van der Waals surface area contributed by atoms with E-state index in [1.165, 1.54) is 16.4 Å². The summed E-state index contributed by atoms with van der Waals surface area (Å²) in [6, 6.07) is 10.8. The molecule has 0 spiro atoms. The van der Waals surface area contributed by atoms with Crippen molar-refractivity contribution in [2.24, 2.45) is 0 Å². The molecule has 0 aliphatic heterocycles. The van der Waals surface area contributed by atoms with Crippen molar-refractivity contribution in [2.45, 2.75) is 50.8 Å². The van der Waals surface area contributed by atoms with Crippen molar-refractivity contribution < 1.29 is 14.3 Å². The molecular weight excluding hydrogens is 609 g/mol. The van der Waals surface area contributed by atoms with Crippen LogP contribution >= 0.6 is 35.0 Å². The van der Waals surface area contributed by atoms with Crippen LogP contribution in [-0.2, 0) is 19.7 Å². The van der Waals surface area contributed by atoms with E-state index in [0.29, 0.717) is 38.7 Å². The molecule has 0 fully saturated rings. The maximum Gasteiger partial charge on any atom is 0.246 e. The third kappa shape index (κ3) is 10.8. The van der Waals surface area contributed by atoms with Crippen LogP contribution in [-0.4, -0.2) is 82.1 Å². The number of hydrogen-bond acceptors (Lipinski definition) is 8. The predicted octanol–water partition coefficient (Wildman–Crippen LogP) is 4.82. The summed E-state index contributed by atoms with van der Waals surface area (Å²) in [7, 11) is 3.87. The third-order valence-electron chi connectivity index (χ3n) is 6.01. The lowest BCUT2D eigenvalue weighted by molar-refractivity contribution is -0.129. The minimum absolute atomic E-state index is 0.0458. The summed E-state index contributed by atoms with van der Waals surface area (Å²) in [4.78, 5) is 26.7. The van der Waals surface area contributed by atoms with E-state index < -0.39 is 5.60 Å². The molecule has 13 heteroatoms. The lowest BCUT2D eigenvalue weighted by Gasteiger charge is -2.20. The highest BCUT2D eigenvalue weighted by Crippen LogP contribution is 2.30. The van der Waals surface area contributed by atoms with Gasteiger partial charge in [-0.3, -0.25) is 9.59 Å². The molecule has 0 bridgehead atoms. The number of benzene rings is 2. The minimum Gasteiger partial charge on any atom is -0.353 e. The molecule has 2 N–H and O–H groups in total. The van der Waals surface area contributed by atoms with Crippen LogP contribution in [0.5, 0.6) is 0 Å². The Hall–Kier alpha value is -3.14. The van der Waals surface area contributed by atoms with Crippen molar-refractivity contribution in [1.29, 1.82) is 0 Å². The SMILES string of the molecule is CN(C)CCNC(=O)COC(C)(C)C#Cc1ccc(NC(=O)CSc2nnnn2-c2ccc(C(C)(C)C)cc2Cl)c(Cl)c1. The first kappa shape index (κ1) is 34.4. The number of hydrogen-bond donors (Lipinski definition) is 2. The van der Waals surface area contributed by atoms with Crippen molar-refractivity contribution in [1.82, 2.24) is 30.4 Å². The van der Waals surface area contributed by atoms with E-state index in [9.17, 15) is 9.59 Å². The van der Waals surface area contributed by atoms with Gasteiger partial charge in [-0.2, -0.15) is 4.68 Å². The largest absolute Gasteiger partial charge is 0.353 e. The number of anilines is 1. The molecular formula is C30H37Cl2N7O3S. The highest BCUT2D eigenvalue weighted by molar-refractivity contribution is 7.99. The Morgan fingerprint density at radius 2 is 1.79 bits per heavy atom. The molecule has 0 radical (unpaired) electrons. The van der Waals surface area contributed by atoms with Gasteiger partial charge in [0.25, 0.3) is 0 Å². The Kier molecular flexibility index (Phi) is 12.0. The van der Waals surface area contributed by atoms with Gasteiger partial charge in [-0.05, 0) is 79.7 Å². The molecule has 0 unspecified atom stereocenters. The number of rotatable bonds is 11. The van der Waals surface area contributed by atoms with E-state index in [-0.39, 0.29) is 29.6 Å². The van der Waals surface area contributed by atoms with Crippen LogP contribution in [0.25, 0.3) is 5.69 Å². The molecule has 0 saturated carbocycles. The van der Waals surface area contributed by atoms with Gasteiger partial charge in [-0.1, -0.05) is 73.6 Å². The first-order valence-electron chi connectivity index (χ1n) is 13.5. The minimum atomic E-state index is -0.857. The van der Waals surface area contributed by atoms with Crippen LogP contribution in [0.3, 0.4) is 0 Å². The maximum atomic E-state index is 12.7. The lowest BCUT2D eigenvalue weighted by atomic mass is 9.87. The number of amides is 2. The van der Waals surface area contributed by atoms with Crippen LogP contribution in [0.1, 0.15) is 45.7 Å². The van der Waals surface area contributed by atoms with Gasteiger partial charge in [-0.25, -0.2) is 0 Å². The number of aromatic nitrogens is 4. The Morgan fingerprint density at radius 1 is 1.05 bits per heavy atom. The molecule has 2 amide bonds. The first-order chi connectivity index (χ1) is 20.1. The topological polar surface area (TPSA) is 114 Å². The quantitative estimate of drug-likeness (QED) is 0.225. The molecule has 10 nitrogen and oxygen atoms in total. The molecule has 2 aromatic carbocycles. The van der Waals surface area contributed by atoms with Gasteiger partial charge in [0.1, 0.15) is 12.2 Å². The average molecular weight is 647 g/mol. The van der Waals surface area contributed by atoms with E-state index in [0.717, 1.165) is 12.1 Å². The molecule has 1 aromatic heterocycles. The zero-order chi connectivity index (χ0) is 31.8. The molecule has 3 aromatic rings. The summed E-state index contributed by atoms with van der Waals surface area (Å²) in [6.45, 7) is 11.1. The second kappa shape index (κ2) is 15.0. The molecule has 0 atom stereocenters. The summed E-state index contributed by atoms with van der Waals surface area (Å²) in [5.74, 6) is 5.60. The number of carbonyl (C=O) groups is 2. The second-order valence-electron chi connectivity index (χ2n) is 11.5. The number of nitrogens with zero attached hydrogens (tertiary/aromatic N) is 5. The second-order valence-corrected chi connectivity index (χ2v) is 13.3. The van der Waals surface area contributed by atoms with Crippen molar-refractivity contribution >= 4 is 52.5 Å². The molecule has 43 heavy (non-hydrogen) atoms. The fraction of sp³-hybridized carbons (Fsp3) is 0.433. The summed E-state index contributed by atoms with van der Waals surface area (Å²) in [5, 5.41) is 18.7. The molecule has 1 heterocycles. The highest BCUT2D eigenvalue weighted by Gasteiger charge is 2.19. The zero-order valence-corrected chi connectivity index (χ0v) is 27.7.